The molecule has 0 spiro atoms. The van der Waals surface area contributed by atoms with Gasteiger partial charge in [-0.15, -0.1) is 0 Å². The number of hydrogen-bond acceptors (Lipinski definition) is 6. The summed E-state index contributed by atoms with van der Waals surface area (Å²) in [5.74, 6) is 0.893. The molecule has 0 atom stereocenters. The normalized spacial score (nSPS) is 9.95. The maximum atomic E-state index is 11.0. The number of benzene rings is 2. The maximum absolute atomic E-state index is 11.0. The van der Waals surface area contributed by atoms with E-state index < -0.39 is 15.5 Å². The molecule has 0 unspecified atom stereocenters. The van der Waals surface area contributed by atoms with Crippen molar-refractivity contribution < 1.29 is 19.3 Å². The van der Waals surface area contributed by atoms with Crippen molar-refractivity contribution in [2.45, 2.75) is 0 Å². The Morgan fingerprint density at radius 1 is 0.905 bits per heavy atom. The summed E-state index contributed by atoms with van der Waals surface area (Å²) in [6.07, 6.45) is 0. The van der Waals surface area contributed by atoms with Gasteiger partial charge in [0.1, 0.15) is 11.5 Å². The number of nitro groups is 2. The lowest BCUT2D eigenvalue weighted by atomic mass is 10.2. The molecule has 2 aromatic rings. The van der Waals surface area contributed by atoms with Gasteiger partial charge >= 0.3 is 5.69 Å². The van der Waals surface area contributed by atoms with E-state index in [0.29, 0.717) is 11.5 Å². The molecule has 0 aliphatic heterocycles. The number of methoxy groups -OCH3 is 1. The third kappa shape index (κ3) is 3.24. The summed E-state index contributed by atoms with van der Waals surface area (Å²) in [5, 5.41) is 21.6. The highest BCUT2D eigenvalue weighted by molar-refractivity contribution is 5.54. The third-order valence-electron chi connectivity index (χ3n) is 2.64. The molecule has 108 valence electrons. The van der Waals surface area contributed by atoms with E-state index in [2.05, 4.69) is 0 Å². The Morgan fingerprint density at radius 2 is 1.52 bits per heavy atom. The summed E-state index contributed by atoms with van der Waals surface area (Å²) in [6, 6.07) is 9.61. The lowest BCUT2D eigenvalue weighted by Gasteiger charge is -2.07. The summed E-state index contributed by atoms with van der Waals surface area (Å²) in [6.45, 7) is 0. The van der Waals surface area contributed by atoms with Crippen LogP contribution in [0.15, 0.2) is 42.5 Å². The van der Waals surface area contributed by atoms with Crippen LogP contribution in [-0.2, 0) is 0 Å². The average Bonchev–Trinajstić information content (AvgIpc) is 2.48. The molecule has 0 radical (unpaired) electrons. The fraction of sp³-hybridized carbons (Fsp3) is 0.0769. The van der Waals surface area contributed by atoms with Gasteiger partial charge < -0.3 is 9.47 Å². The molecule has 0 amide bonds. The van der Waals surface area contributed by atoms with Crippen molar-refractivity contribution in [3.8, 4) is 17.2 Å². The average molecular weight is 290 g/mol. The smallest absolute Gasteiger partial charge is 0.318 e. The zero-order valence-electron chi connectivity index (χ0n) is 10.9. The Morgan fingerprint density at radius 3 is 2.05 bits per heavy atom. The second kappa shape index (κ2) is 5.87. The van der Waals surface area contributed by atoms with Gasteiger partial charge in [-0.3, -0.25) is 20.2 Å². The lowest BCUT2D eigenvalue weighted by Crippen LogP contribution is -1.96. The van der Waals surface area contributed by atoms with Crippen molar-refractivity contribution in [1.29, 1.82) is 0 Å². The van der Waals surface area contributed by atoms with Crippen LogP contribution in [0.1, 0.15) is 0 Å². The van der Waals surface area contributed by atoms with E-state index in [9.17, 15) is 20.2 Å². The summed E-state index contributed by atoms with van der Waals surface area (Å²) >= 11 is 0. The van der Waals surface area contributed by atoms with Crippen LogP contribution in [0.25, 0.3) is 0 Å². The number of ether oxygens (including phenoxy) is 2. The van der Waals surface area contributed by atoms with Gasteiger partial charge in [-0.2, -0.15) is 0 Å². The largest absolute Gasteiger partial charge is 0.497 e. The highest BCUT2D eigenvalue weighted by atomic mass is 16.6. The number of nitro benzene ring substituents is 2. The molecular formula is C13H10N2O6. The zero-order chi connectivity index (χ0) is 15.4. The SMILES string of the molecule is COc1ccc(Oc2ccc([N+](=O)[O-])cc2[N+](=O)[O-])cc1. The summed E-state index contributed by atoms with van der Waals surface area (Å²) < 4.78 is 10.4. The van der Waals surface area contributed by atoms with Crippen LogP contribution in [0.2, 0.25) is 0 Å². The van der Waals surface area contributed by atoms with E-state index in [0.717, 1.165) is 12.1 Å². The molecule has 0 N–H and O–H groups in total. The minimum Gasteiger partial charge on any atom is -0.497 e. The summed E-state index contributed by atoms with van der Waals surface area (Å²) in [4.78, 5) is 20.2. The summed E-state index contributed by atoms with van der Waals surface area (Å²) in [7, 11) is 1.51. The Hall–Kier alpha value is -3.16. The maximum Gasteiger partial charge on any atom is 0.318 e. The molecule has 8 heteroatoms. The first-order valence-corrected chi connectivity index (χ1v) is 5.76. The number of hydrogen-bond donors (Lipinski definition) is 0. The van der Waals surface area contributed by atoms with Gasteiger partial charge in [-0.1, -0.05) is 0 Å². The van der Waals surface area contributed by atoms with Gasteiger partial charge in [0.2, 0.25) is 5.75 Å². The number of nitrogens with zero attached hydrogens (tertiary/aromatic N) is 2. The van der Waals surface area contributed by atoms with E-state index in [1.807, 2.05) is 0 Å². The van der Waals surface area contributed by atoms with Crippen LogP contribution in [0.3, 0.4) is 0 Å². The molecule has 0 saturated heterocycles. The first-order chi connectivity index (χ1) is 10.0. The predicted octanol–water partition coefficient (Wildman–Crippen LogP) is 3.30. The molecule has 2 aromatic carbocycles. The molecular weight excluding hydrogens is 280 g/mol. The third-order valence-corrected chi connectivity index (χ3v) is 2.64. The number of non-ortho nitro benzene ring substituents is 1. The first-order valence-electron chi connectivity index (χ1n) is 5.76. The zero-order valence-corrected chi connectivity index (χ0v) is 10.9. The molecule has 0 saturated carbocycles. The fourth-order valence-corrected chi connectivity index (χ4v) is 1.62. The molecule has 0 heterocycles. The second-order valence-electron chi connectivity index (χ2n) is 3.94. The Bertz CT molecular complexity index is 684. The van der Waals surface area contributed by atoms with E-state index in [1.165, 1.54) is 13.2 Å². The number of rotatable bonds is 5. The Balaban J connectivity index is 2.34. The topological polar surface area (TPSA) is 105 Å². The lowest BCUT2D eigenvalue weighted by molar-refractivity contribution is -0.394. The second-order valence-corrected chi connectivity index (χ2v) is 3.94. The van der Waals surface area contributed by atoms with Gasteiger partial charge in [0, 0.05) is 6.07 Å². The van der Waals surface area contributed by atoms with Crippen molar-refractivity contribution in [3.05, 3.63) is 62.7 Å². The van der Waals surface area contributed by atoms with Crippen molar-refractivity contribution in [2.24, 2.45) is 0 Å². The molecule has 0 bridgehead atoms. The van der Waals surface area contributed by atoms with E-state index in [4.69, 9.17) is 9.47 Å². The van der Waals surface area contributed by atoms with E-state index in [1.54, 1.807) is 24.3 Å². The monoisotopic (exact) mass is 290 g/mol. The highest BCUT2D eigenvalue weighted by Crippen LogP contribution is 2.34. The highest BCUT2D eigenvalue weighted by Gasteiger charge is 2.21. The molecule has 0 fully saturated rings. The standard InChI is InChI=1S/C13H10N2O6/c1-20-10-3-5-11(6-4-10)21-13-7-2-9(14(16)17)8-12(13)15(18)19/h2-8H,1H3. The molecule has 21 heavy (non-hydrogen) atoms. The van der Waals surface area contributed by atoms with Crippen molar-refractivity contribution in [1.82, 2.24) is 0 Å². The summed E-state index contributed by atoms with van der Waals surface area (Å²) in [5.41, 5.74) is -0.844. The minimum absolute atomic E-state index is 0.0734. The van der Waals surface area contributed by atoms with Crippen LogP contribution in [0.5, 0.6) is 17.2 Å². The van der Waals surface area contributed by atoms with Crippen LogP contribution >= 0.6 is 0 Å². The quantitative estimate of drug-likeness (QED) is 0.618. The Kier molecular flexibility index (Phi) is 3.98. The first kappa shape index (κ1) is 14.3. The predicted molar refractivity (Wildman–Crippen MR) is 72.8 cm³/mol. The molecule has 0 aliphatic rings. The molecule has 0 aromatic heterocycles. The van der Waals surface area contributed by atoms with Crippen LogP contribution < -0.4 is 9.47 Å². The van der Waals surface area contributed by atoms with Gasteiger partial charge in [0.15, 0.2) is 0 Å². The molecule has 8 nitrogen and oxygen atoms in total. The molecule has 2 rings (SSSR count). The van der Waals surface area contributed by atoms with E-state index in [-0.39, 0.29) is 11.4 Å². The van der Waals surface area contributed by atoms with Gasteiger partial charge in [-0.05, 0) is 30.3 Å². The van der Waals surface area contributed by atoms with Gasteiger partial charge in [-0.25, -0.2) is 0 Å². The van der Waals surface area contributed by atoms with Crippen LogP contribution in [0, 0.1) is 20.2 Å². The van der Waals surface area contributed by atoms with Crippen molar-refractivity contribution in [2.75, 3.05) is 7.11 Å². The Labute approximate surface area is 118 Å². The van der Waals surface area contributed by atoms with E-state index >= 15 is 0 Å². The van der Waals surface area contributed by atoms with Crippen LogP contribution in [-0.4, -0.2) is 17.0 Å². The van der Waals surface area contributed by atoms with Gasteiger partial charge in [0.25, 0.3) is 5.69 Å². The van der Waals surface area contributed by atoms with Crippen molar-refractivity contribution >= 4 is 11.4 Å². The minimum atomic E-state index is -0.730. The van der Waals surface area contributed by atoms with Crippen molar-refractivity contribution in [3.63, 3.8) is 0 Å². The van der Waals surface area contributed by atoms with Crippen LogP contribution in [0.4, 0.5) is 11.4 Å². The fourth-order valence-electron chi connectivity index (χ4n) is 1.62. The van der Waals surface area contributed by atoms with Gasteiger partial charge in [0.05, 0.1) is 23.0 Å². The molecule has 0 aliphatic carbocycles.